The van der Waals surface area contributed by atoms with Gasteiger partial charge in [0, 0.05) is 23.1 Å². The third-order valence-corrected chi connectivity index (χ3v) is 6.38. The van der Waals surface area contributed by atoms with Crippen LogP contribution in [0.3, 0.4) is 0 Å². The molecule has 1 heterocycles. The monoisotopic (exact) mass is 509 g/mol. The number of azide groups is 1. The number of phenolic OH excluding ortho intramolecular Hbond substituents is 1. The number of hydrogen-bond acceptors (Lipinski definition) is 10. The highest BCUT2D eigenvalue weighted by atomic mass is 16.5. The molecule has 0 spiro atoms. The highest BCUT2D eigenvalue weighted by molar-refractivity contribution is 5.95. The van der Waals surface area contributed by atoms with Gasteiger partial charge in [-0.3, -0.25) is 9.59 Å². The number of amides is 2. The molecule has 1 aromatic rings. The molecule has 3 rings (SSSR count). The van der Waals surface area contributed by atoms with Crippen molar-refractivity contribution >= 4 is 11.8 Å². The molecule has 1 aliphatic carbocycles. The summed E-state index contributed by atoms with van der Waals surface area (Å²) in [4.78, 5) is 28.7. The summed E-state index contributed by atoms with van der Waals surface area (Å²) in [6, 6.07) is 4.80. The lowest BCUT2D eigenvalue weighted by molar-refractivity contribution is -0.225. The molecule has 198 valence electrons. The lowest BCUT2D eigenvalue weighted by Crippen LogP contribution is -2.63. The lowest BCUT2D eigenvalue weighted by atomic mass is 9.80. The van der Waals surface area contributed by atoms with Crippen LogP contribution in [0.15, 0.2) is 29.4 Å². The molecule has 0 radical (unpaired) electrons. The van der Waals surface area contributed by atoms with E-state index in [9.17, 15) is 35.1 Å². The van der Waals surface area contributed by atoms with E-state index in [1.54, 1.807) is 0 Å². The van der Waals surface area contributed by atoms with Crippen molar-refractivity contribution < 1.29 is 44.6 Å². The second kappa shape index (κ2) is 12.3. The normalized spacial score (nSPS) is 34.3. The predicted molar refractivity (Wildman–Crippen MR) is 122 cm³/mol. The van der Waals surface area contributed by atoms with Crippen molar-refractivity contribution in [1.82, 2.24) is 10.6 Å². The first kappa shape index (κ1) is 27.6. The number of hydrogen-bond donors (Lipinski definition) is 7. The number of carbonyl (C=O) groups is 2. The van der Waals surface area contributed by atoms with Crippen molar-refractivity contribution in [3.05, 3.63) is 40.3 Å². The smallest absolute Gasteiger partial charge is 0.251 e. The number of carbonyl (C=O) groups excluding carboxylic acids is 2. The standard InChI is InChI=1S/C22H31N5O9/c1-10-17(30)18(31)19(32)22(36-10)26-21(34)13-8-15(29)16(35-6-5-24-27-23)9-14(13)25-20(33)11-3-2-4-12(28)7-11/h2-4,7,10,13-19,22,28-32H,5-6,8-9H2,1H3,(H,25,33)(H,26,34)/t10-,13+,14-,15-,16-,17+,18+,19-,22+/m0/s1. The molecule has 1 aliphatic heterocycles. The van der Waals surface area contributed by atoms with Crippen LogP contribution >= 0.6 is 0 Å². The summed E-state index contributed by atoms with van der Waals surface area (Å²) in [6.45, 7) is 1.53. The van der Waals surface area contributed by atoms with Gasteiger partial charge in [0.05, 0.1) is 30.8 Å². The SMILES string of the molecule is C[C@@H]1O[C@@H](NC(=O)[C@@H]2C[C@H](O)[C@@H](OCCN=[N+]=[N-])C[C@@H]2NC(=O)c2cccc(O)c2)[C@@H](O)[C@H](O)[C@@H]1O. The van der Waals surface area contributed by atoms with Crippen LogP contribution in [-0.4, -0.2) is 99.4 Å². The van der Waals surface area contributed by atoms with Crippen LogP contribution in [0.1, 0.15) is 30.1 Å². The second-order valence-electron chi connectivity index (χ2n) is 8.88. The van der Waals surface area contributed by atoms with Crippen LogP contribution < -0.4 is 10.6 Å². The lowest BCUT2D eigenvalue weighted by Gasteiger charge is -2.42. The topological polar surface area (TPSA) is 227 Å². The number of ether oxygens (including phenoxy) is 2. The predicted octanol–water partition coefficient (Wildman–Crippen LogP) is -1.10. The van der Waals surface area contributed by atoms with Gasteiger partial charge in [0.1, 0.15) is 24.1 Å². The van der Waals surface area contributed by atoms with Gasteiger partial charge in [-0.2, -0.15) is 0 Å². The molecule has 2 aliphatic rings. The fourth-order valence-corrected chi connectivity index (χ4v) is 4.38. The number of rotatable bonds is 8. The number of aromatic hydroxyl groups is 1. The van der Waals surface area contributed by atoms with Crippen molar-refractivity contribution in [2.24, 2.45) is 11.0 Å². The fraction of sp³-hybridized carbons (Fsp3) is 0.636. The van der Waals surface area contributed by atoms with E-state index in [1.165, 1.54) is 31.2 Å². The van der Waals surface area contributed by atoms with Crippen LogP contribution in [0.2, 0.25) is 0 Å². The van der Waals surface area contributed by atoms with Gasteiger partial charge in [-0.1, -0.05) is 11.2 Å². The van der Waals surface area contributed by atoms with E-state index in [1.807, 2.05) is 0 Å². The minimum Gasteiger partial charge on any atom is -0.508 e. The minimum absolute atomic E-state index is 0.0239. The molecule has 2 amide bonds. The second-order valence-corrected chi connectivity index (χ2v) is 8.88. The zero-order chi connectivity index (χ0) is 26.4. The van der Waals surface area contributed by atoms with E-state index in [-0.39, 0.29) is 37.3 Å². The summed E-state index contributed by atoms with van der Waals surface area (Å²) in [5.41, 5.74) is 8.56. The molecule has 1 aromatic carbocycles. The highest BCUT2D eigenvalue weighted by Gasteiger charge is 2.46. The Balaban J connectivity index is 1.75. The van der Waals surface area contributed by atoms with E-state index < -0.39 is 66.6 Å². The molecular formula is C22H31N5O9. The first-order valence-corrected chi connectivity index (χ1v) is 11.5. The Labute approximate surface area is 206 Å². The van der Waals surface area contributed by atoms with Crippen molar-refractivity contribution in [3.63, 3.8) is 0 Å². The summed E-state index contributed by atoms with van der Waals surface area (Å²) in [5.74, 6) is -2.33. The van der Waals surface area contributed by atoms with Crippen molar-refractivity contribution in [3.8, 4) is 5.75 Å². The van der Waals surface area contributed by atoms with Crippen molar-refractivity contribution in [2.75, 3.05) is 13.2 Å². The number of nitrogens with one attached hydrogen (secondary N) is 2. The van der Waals surface area contributed by atoms with Crippen LogP contribution in [0.25, 0.3) is 10.4 Å². The molecule has 14 nitrogen and oxygen atoms in total. The van der Waals surface area contributed by atoms with E-state index in [2.05, 4.69) is 20.7 Å². The van der Waals surface area contributed by atoms with Gasteiger partial charge >= 0.3 is 0 Å². The summed E-state index contributed by atoms with van der Waals surface area (Å²) < 4.78 is 11.0. The molecule has 14 heteroatoms. The van der Waals surface area contributed by atoms with E-state index in [0.29, 0.717) is 0 Å². The van der Waals surface area contributed by atoms with Gasteiger partial charge in [-0.25, -0.2) is 0 Å². The van der Waals surface area contributed by atoms with Gasteiger partial charge in [0.2, 0.25) is 5.91 Å². The van der Waals surface area contributed by atoms with Gasteiger partial charge in [0.15, 0.2) is 6.23 Å². The Hall–Kier alpha value is -2.97. The zero-order valence-corrected chi connectivity index (χ0v) is 19.5. The maximum Gasteiger partial charge on any atom is 0.251 e. The van der Waals surface area contributed by atoms with Gasteiger partial charge < -0.3 is 45.6 Å². The van der Waals surface area contributed by atoms with Crippen LogP contribution in [-0.2, 0) is 14.3 Å². The molecule has 7 N–H and O–H groups in total. The Kier molecular flexibility index (Phi) is 9.45. The molecule has 0 bridgehead atoms. The van der Waals surface area contributed by atoms with Crippen LogP contribution in [0.5, 0.6) is 5.75 Å². The average Bonchev–Trinajstić information content (AvgIpc) is 2.85. The molecule has 1 saturated carbocycles. The average molecular weight is 510 g/mol. The molecular weight excluding hydrogens is 478 g/mol. The minimum atomic E-state index is -1.61. The summed E-state index contributed by atoms with van der Waals surface area (Å²) in [6.07, 6.45) is -8.66. The Morgan fingerprint density at radius 2 is 1.92 bits per heavy atom. The molecule has 0 unspecified atom stereocenters. The Bertz CT molecular complexity index is 975. The van der Waals surface area contributed by atoms with Gasteiger partial charge in [-0.05, 0) is 43.5 Å². The first-order valence-electron chi connectivity index (χ1n) is 11.5. The first-order chi connectivity index (χ1) is 17.1. The number of nitrogens with zero attached hydrogens (tertiary/aromatic N) is 3. The molecule has 1 saturated heterocycles. The van der Waals surface area contributed by atoms with Gasteiger partial charge in [-0.15, -0.1) is 0 Å². The van der Waals surface area contributed by atoms with E-state index in [4.69, 9.17) is 15.0 Å². The third kappa shape index (κ3) is 6.62. The zero-order valence-electron chi connectivity index (χ0n) is 19.5. The molecule has 36 heavy (non-hydrogen) atoms. The van der Waals surface area contributed by atoms with E-state index in [0.717, 1.165) is 0 Å². The number of aliphatic hydroxyl groups excluding tert-OH is 4. The number of benzene rings is 1. The Morgan fingerprint density at radius 1 is 1.17 bits per heavy atom. The van der Waals surface area contributed by atoms with Crippen LogP contribution in [0.4, 0.5) is 0 Å². The third-order valence-electron chi connectivity index (χ3n) is 6.38. The van der Waals surface area contributed by atoms with E-state index >= 15 is 0 Å². The van der Waals surface area contributed by atoms with Crippen LogP contribution in [0, 0.1) is 5.92 Å². The maximum atomic E-state index is 13.2. The number of aliphatic hydroxyl groups is 4. The molecule has 9 atom stereocenters. The summed E-state index contributed by atoms with van der Waals surface area (Å²) in [7, 11) is 0. The molecule has 2 fully saturated rings. The fourth-order valence-electron chi connectivity index (χ4n) is 4.38. The summed E-state index contributed by atoms with van der Waals surface area (Å²) >= 11 is 0. The van der Waals surface area contributed by atoms with Crippen molar-refractivity contribution in [1.29, 1.82) is 0 Å². The van der Waals surface area contributed by atoms with Crippen molar-refractivity contribution in [2.45, 2.75) is 68.7 Å². The quantitative estimate of drug-likeness (QED) is 0.0975. The summed E-state index contributed by atoms with van der Waals surface area (Å²) in [5, 5.41) is 59.1. The highest BCUT2D eigenvalue weighted by Crippen LogP contribution is 2.29. The largest absolute Gasteiger partial charge is 0.508 e. The maximum absolute atomic E-state index is 13.2. The Morgan fingerprint density at radius 3 is 2.61 bits per heavy atom. The molecule has 0 aromatic heterocycles. The number of phenols is 1. The van der Waals surface area contributed by atoms with Gasteiger partial charge in [0.25, 0.3) is 5.91 Å².